The van der Waals surface area contributed by atoms with Gasteiger partial charge in [0.15, 0.2) is 0 Å². The molecule has 2 aromatic rings. The highest BCUT2D eigenvalue weighted by Gasteiger charge is 2.26. The molecule has 1 N–H and O–H groups in total. The van der Waals surface area contributed by atoms with Crippen molar-refractivity contribution in [3.63, 3.8) is 0 Å². The normalized spacial score (nSPS) is 16.9. The van der Waals surface area contributed by atoms with Crippen molar-refractivity contribution >= 4 is 17.7 Å². The van der Waals surface area contributed by atoms with Crippen LogP contribution in [-0.4, -0.2) is 32.2 Å². The van der Waals surface area contributed by atoms with Crippen molar-refractivity contribution in [3.05, 3.63) is 35.9 Å². The predicted molar refractivity (Wildman–Crippen MR) is 88.9 cm³/mol. The molecule has 1 saturated carbocycles. The lowest BCUT2D eigenvalue weighted by molar-refractivity contribution is -0.121. The third-order valence-corrected chi connectivity index (χ3v) is 5.38. The molecule has 23 heavy (non-hydrogen) atoms. The molecule has 6 nitrogen and oxygen atoms in total. The van der Waals surface area contributed by atoms with Gasteiger partial charge in [0.1, 0.15) is 5.25 Å². The highest BCUT2D eigenvalue weighted by molar-refractivity contribution is 8.00. The zero-order valence-corrected chi connectivity index (χ0v) is 14.0. The average Bonchev–Trinajstić information content (AvgIpc) is 2.99. The molecule has 0 bridgehead atoms. The summed E-state index contributed by atoms with van der Waals surface area (Å²) in [4.78, 5) is 12.8. The fraction of sp³-hybridized carbons (Fsp3) is 0.500. The minimum absolute atomic E-state index is 0.0381. The summed E-state index contributed by atoms with van der Waals surface area (Å²) in [6.45, 7) is 0. The van der Waals surface area contributed by atoms with Crippen LogP contribution >= 0.6 is 11.8 Å². The highest BCUT2D eigenvalue weighted by Crippen LogP contribution is 2.34. The average molecular weight is 331 g/mol. The number of thioether (sulfide) groups is 1. The van der Waals surface area contributed by atoms with Crippen molar-refractivity contribution in [3.8, 4) is 0 Å². The largest absolute Gasteiger partial charge is 0.352 e. The zero-order chi connectivity index (χ0) is 16.1. The van der Waals surface area contributed by atoms with E-state index < -0.39 is 0 Å². The number of aryl methyl sites for hydroxylation is 1. The Kier molecular flexibility index (Phi) is 5.27. The van der Waals surface area contributed by atoms with Gasteiger partial charge in [0.2, 0.25) is 11.1 Å². The number of benzene rings is 1. The van der Waals surface area contributed by atoms with E-state index in [0.717, 1.165) is 18.4 Å². The molecular weight excluding hydrogens is 310 g/mol. The first-order valence-corrected chi connectivity index (χ1v) is 8.86. The van der Waals surface area contributed by atoms with Crippen molar-refractivity contribution in [2.24, 2.45) is 7.05 Å². The molecular formula is C16H21N5OS. The molecule has 1 heterocycles. The number of tetrazole rings is 1. The number of hydrogen-bond donors (Lipinski definition) is 1. The summed E-state index contributed by atoms with van der Waals surface area (Å²) in [5, 5.41) is 15.0. The van der Waals surface area contributed by atoms with Crippen molar-refractivity contribution in [1.82, 2.24) is 25.5 Å². The molecule has 1 fully saturated rings. The molecule has 1 aromatic heterocycles. The molecule has 0 saturated heterocycles. The van der Waals surface area contributed by atoms with Gasteiger partial charge >= 0.3 is 0 Å². The van der Waals surface area contributed by atoms with Crippen molar-refractivity contribution in [1.29, 1.82) is 0 Å². The molecule has 0 unspecified atom stereocenters. The lowest BCUT2D eigenvalue weighted by Crippen LogP contribution is -2.38. The molecule has 1 aliphatic carbocycles. The minimum Gasteiger partial charge on any atom is -0.352 e. The summed E-state index contributed by atoms with van der Waals surface area (Å²) >= 11 is 1.39. The zero-order valence-electron chi connectivity index (χ0n) is 13.2. The van der Waals surface area contributed by atoms with E-state index in [9.17, 15) is 4.79 Å². The monoisotopic (exact) mass is 331 g/mol. The Morgan fingerprint density at radius 1 is 1.26 bits per heavy atom. The lowest BCUT2D eigenvalue weighted by atomic mass is 9.95. The van der Waals surface area contributed by atoms with Crippen molar-refractivity contribution in [2.45, 2.75) is 48.6 Å². The Hall–Kier alpha value is -1.89. The van der Waals surface area contributed by atoms with Crippen LogP contribution in [0.25, 0.3) is 0 Å². The van der Waals surface area contributed by atoms with Gasteiger partial charge in [-0.3, -0.25) is 4.79 Å². The number of hydrogen-bond acceptors (Lipinski definition) is 5. The maximum absolute atomic E-state index is 12.8. The summed E-state index contributed by atoms with van der Waals surface area (Å²) < 4.78 is 1.59. The second kappa shape index (κ2) is 7.59. The number of aromatic nitrogens is 4. The van der Waals surface area contributed by atoms with Gasteiger partial charge in [-0.15, -0.1) is 5.10 Å². The number of carbonyl (C=O) groups is 1. The van der Waals surface area contributed by atoms with Crippen LogP contribution < -0.4 is 5.32 Å². The van der Waals surface area contributed by atoms with Crippen LogP contribution in [0, 0.1) is 0 Å². The van der Waals surface area contributed by atoms with Gasteiger partial charge in [0.05, 0.1) is 0 Å². The molecule has 1 amide bonds. The Labute approximate surface area is 140 Å². The molecule has 1 aromatic carbocycles. The van der Waals surface area contributed by atoms with Crippen LogP contribution in [0.3, 0.4) is 0 Å². The second-order valence-electron chi connectivity index (χ2n) is 5.84. The van der Waals surface area contributed by atoms with Crippen LogP contribution in [-0.2, 0) is 11.8 Å². The fourth-order valence-corrected chi connectivity index (χ4v) is 3.80. The lowest BCUT2D eigenvalue weighted by Gasteiger charge is -2.25. The Bertz CT molecular complexity index is 639. The standard InChI is InChI=1S/C16H21N5OS/c1-21-16(18-19-20-21)23-14(12-8-4-2-5-9-12)15(22)17-13-10-6-3-7-11-13/h2,4-5,8-9,13-14H,3,6-7,10-11H2,1H3,(H,17,22)/t14-/m0/s1. The molecule has 1 atom stereocenters. The summed E-state index contributed by atoms with van der Waals surface area (Å²) in [6.07, 6.45) is 5.81. The molecule has 7 heteroatoms. The number of nitrogens with one attached hydrogen (secondary N) is 1. The van der Waals surface area contributed by atoms with E-state index in [-0.39, 0.29) is 11.2 Å². The molecule has 122 valence electrons. The number of nitrogens with zero attached hydrogens (tertiary/aromatic N) is 4. The van der Waals surface area contributed by atoms with Crippen LogP contribution in [0.15, 0.2) is 35.5 Å². The summed E-state index contributed by atoms with van der Waals surface area (Å²) in [6, 6.07) is 10.1. The van der Waals surface area contributed by atoms with E-state index in [4.69, 9.17) is 0 Å². The highest BCUT2D eigenvalue weighted by atomic mass is 32.2. The van der Waals surface area contributed by atoms with Gasteiger partial charge in [0, 0.05) is 13.1 Å². The third kappa shape index (κ3) is 4.10. The van der Waals surface area contributed by atoms with E-state index in [1.165, 1.54) is 31.0 Å². The van der Waals surface area contributed by atoms with Crippen LogP contribution in [0.2, 0.25) is 0 Å². The van der Waals surface area contributed by atoms with Crippen LogP contribution in [0.1, 0.15) is 42.9 Å². The molecule has 0 radical (unpaired) electrons. The smallest absolute Gasteiger partial charge is 0.238 e. The predicted octanol–water partition coefficient (Wildman–Crippen LogP) is 2.49. The van der Waals surface area contributed by atoms with Crippen molar-refractivity contribution in [2.75, 3.05) is 0 Å². The molecule has 0 spiro atoms. The van der Waals surface area contributed by atoms with Gasteiger partial charge in [-0.05, 0) is 28.8 Å². The Balaban J connectivity index is 1.76. The molecule has 0 aliphatic heterocycles. The Morgan fingerprint density at radius 3 is 2.65 bits per heavy atom. The summed E-state index contributed by atoms with van der Waals surface area (Å²) in [5.41, 5.74) is 0.966. The van der Waals surface area contributed by atoms with E-state index in [0.29, 0.717) is 11.2 Å². The van der Waals surface area contributed by atoms with Crippen LogP contribution in [0.4, 0.5) is 0 Å². The quantitative estimate of drug-likeness (QED) is 0.852. The van der Waals surface area contributed by atoms with Crippen molar-refractivity contribution < 1.29 is 4.79 Å². The first-order valence-electron chi connectivity index (χ1n) is 7.98. The van der Waals surface area contributed by atoms with Gasteiger partial charge in [0.25, 0.3) is 0 Å². The Morgan fingerprint density at radius 2 is 2.00 bits per heavy atom. The number of rotatable bonds is 5. The second-order valence-corrected chi connectivity index (χ2v) is 6.91. The SMILES string of the molecule is Cn1nnnc1S[C@H](C(=O)NC1CCCCC1)c1ccccc1. The van der Waals surface area contributed by atoms with Gasteiger partial charge in [-0.2, -0.15) is 0 Å². The summed E-state index contributed by atoms with van der Waals surface area (Å²) in [7, 11) is 1.78. The van der Waals surface area contributed by atoms with Gasteiger partial charge in [-0.1, -0.05) is 61.4 Å². The van der Waals surface area contributed by atoms with Gasteiger partial charge in [-0.25, -0.2) is 4.68 Å². The summed E-state index contributed by atoms with van der Waals surface area (Å²) in [5.74, 6) is 0.0381. The topological polar surface area (TPSA) is 72.7 Å². The molecule has 1 aliphatic rings. The first kappa shape index (κ1) is 16.0. The third-order valence-electron chi connectivity index (χ3n) is 4.10. The van der Waals surface area contributed by atoms with E-state index in [1.54, 1.807) is 11.7 Å². The van der Waals surface area contributed by atoms with E-state index in [1.807, 2.05) is 30.3 Å². The minimum atomic E-state index is -0.345. The maximum atomic E-state index is 12.8. The molecule has 3 rings (SSSR count). The van der Waals surface area contributed by atoms with Crippen LogP contribution in [0.5, 0.6) is 0 Å². The van der Waals surface area contributed by atoms with E-state index in [2.05, 4.69) is 20.8 Å². The van der Waals surface area contributed by atoms with Gasteiger partial charge < -0.3 is 5.32 Å². The van der Waals surface area contributed by atoms with E-state index >= 15 is 0 Å². The maximum Gasteiger partial charge on any atom is 0.238 e. The number of amides is 1. The fourth-order valence-electron chi connectivity index (χ4n) is 2.85. The number of carbonyl (C=O) groups excluding carboxylic acids is 1. The first-order chi connectivity index (χ1) is 11.2.